The van der Waals surface area contributed by atoms with Crippen LogP contribution < -0.4 is 15.8 Å². The van der Waals surface area contributed by atoms with E-state index >= 15 is 0 Å². The summed E-state index contributed by atoms with van der Waals surface area (Å²) < 4.78 is 1.31. The van der Waals surface area contributed by atoms with E-state index in [9.17, 15) is 9.59 Å². The number of nitrogens with zero attached hydrogens (tertiary/aromatic N) is 5. The molecule has 2 N–H and O–H groups in total. The number of hydrogen-bond acceptors (Lipinski definition) is 6. The van der Waals surface area contributed by atoms with Gasteiger partial charge in [0.05, 0.1) is 5.92 Å². The van der Waals surface area contributed by atoms with Gasteiger partial charge in [-0.25, -0.2) is 4.68 Å². The zero-order chi connectivity index (χ0) is 18.1. The predicted molar refractivity (Wildman–Crippen MR) is 96.9 cm³/mol. The molecular weight excluding hydrogens is 334 g/mol. The van der Waals surface area contributed by atoms with Gasteiger partial charge < -0.3 is 10.2 Å². The number of rotatable bonds is 3. The number of piperidine rings is 1. The van der Waals surface area contributed by atoms with E-state index in [0.29, 0.717) is 23.6 Å². The number of aryl methyl sites for hydroxylation is 1. The Kier molecular flexibility index (Phi) is 4.11. The van der Waals surface area contributed by atoms with Gasteiger partial charge in [-0.15, -0.1) is 0 Å². The van der Waals surface area contributed by atoms with Crippen molar-refractivity contribution >= 4 is 28.4 Å². The highest BCUT2D eigenvalue weighted by Gasteiger charge is 2.27. The molecular formula is C17H19N7O2. The van der Waals surface area contributed by atoms with Gasteiger partial charge in [-0.05, 0) is 37.1 Å². The number of hydrogen-bond donors (Lipinski definition) is 2. The van der Waals surface area contributed by atoms with Crippen molar-refractivity contribution in [1.29, 1.82) is 0 Å². The lowest BCUT2D eigenvalue weighted by molar-refractivity contribution is -0.120. The maximum Gasteiger partial charge on any atom is 0.266 e. The second kappa shape index (κ2) is 6.58. The van der Waals surface area contributed by atoms with Crippen molar-refractivity contribution in [1.82, 2.24) is 25.2 Å². The molecule has 1 atom stereocenters. The highest BCUT2D eigenvalue weighted by Crippen LogP contribution is 2.23. The van der Waals surface area contributed by atoms with Gasteiger partial charge in [-0.1, -0.05) is 0 Å². The minimum absolute atomic E-state index is 0.0256. The van der Waals surface area contributed by atoms with Crippen molar-refractivity contribution in [2.45, 2.75) is 12.8 Å². The van der Waals surface area contributed by atoms with Gasteiger partial charge in [-0.2, -0.15) is 20.5 Å². The lowest BCUT2D eigenvalue weighted by Gasteiger charge is -2.32. The van der Waals surface area contributed by atoms with Gasteiger partial charge in [0, 0.05) is 31.9 Å². The van der Waals surface area contributed by atoms with Crippen molar-refractivity contribution in [3.63, 3.8) is 0 Å². The molecule has 2 aromatic heterocycles. The van der Waals surface area contributed by atoms with E-state index in [-0.39, 0.29) is 17.4 Å². The first-order valence-electron chi connectivity index (χ1n) is 8.51. The molecule has 0 bridgehead atoms. The molecule has 9 heteroatoms. The summed E-state index contributed by atoms with van der Waals surface area (Å²) in [7, 11) is 1.63. The molecule has 1 aliphatic rings. The Balaban J connectivity index is 1.47. The number of H-pyrrole nitrogens is 1. The first-order valence-corrected chi connectivity index (χ1v) is 8.51. The molecule has 1 fully saturated rings. The van der Waals surface area contributed by atoms with Crippen LogP contribution in [0.1, 0.15) is 12.8 Å². The molecule has 26 heavy (non-hydrogen) atoms. The Morgan fingerprint density at radius 1 is 1.23 bits per heavy atom. The minimum Gasteiger partial charge on any atom is -0.354 e. The number of benzene rings is 1. The fraction of sp³-hybridized carbons (Fsp3) is 0.353. The molecule has 3 aromatic rings. The fourth-order valence-electron chi connectivity index (χ4n) is 3.22. The molecule has 0 aliphatic carbocycles. The zero-order valence-corrected chi connectivity index (χ0v) is 14.3. The topological polar surface area (TPSA) is 109 Å². The Hall–Kier alpha value is -3.23. The average Bonchev–Trinajstić information content (AvgIpc) is 3.12. The van der Waals surface area contributed by atoms with Gasteiger partial charge in [-0.3, -0.25) is 9.59 Å². The molecule has 0 spiro atoms. The van der Waals surface area contributed by atoms with E-state index < -0.39 is 0 Å². The summed E-state index contributed by atoms with van der Waals surface area (Å²) in [5, 5.41) is 17.8. The number of aromatic amines is 1. The summed E-state index contributed by atoms with van der Waals surface area (Å²) in [5.74, 6) is 0.548. The zero-order valence-electron chi connectivity index (χ0n) is 14.3. The molecule has 1 saturated heterocycles. The smallest absolute Gasteiger partial charge is 0.266 e. The highest BCUT2D eigenvalue weighted by molar-refractivity contribution is 5.94. The number of carbonyl (C=O) groups is 1. The largest absolute Gasteiger partial charge is 0.354 e. The van der Waals surface area contributed by atoms with Crippen molar-refractivity contribution in [3.05, 3.63) is 40.7 Å². The van der Waals surface area contributed by atoms with Crippen molar-refractivity contribution in [2.75, 3.05) is 23.3 Å². The number of amides is 1. The van der Waals surface area contributed by atoms with Crippen LogP contribution >= 0.6 is 0 Å². The molecule has 0 radical (unpaired) electrons. The number of fused-ring (bicyclic) bond motifs is 1. The summed E-state index contributed by atoms with van der Waals surface area (Å²) in [4.78, 5) is 26.2. The third-order valence-corrected chi connectivity index (χ3v) is 4.65. The van der Waals surface area contributed by atoms with E-state index in [1.165, 1.54) is 10.7 Å². The van der Waals surface area contributed by atoms with E-state index in [1.807, 2.05) is 17.0 Å². The number of carbonyl (C=O) groups excluding carboxylic acids is 1. The molecule has 1 amide bonds. The minimum atomic E-state index is -0.150. The van der Waals surface area contributed by atoms with Crippen LogP contribution in [-0.2, 0) is 11.8 Å². The second-order valence-electron chi connectivity index (χ2n) is 6.45. The van der Waals surface area contributed by atoms with Gasteiger partial charge in [0.1, 0.15) is 16.9 Å². The standard InChI is InChI=1S/C17H19N7O2/c1-23-16(25)7-6-15(21-23)24-8-2-3-11(10-24)17(26)18-12-4-5-13-14(9-12)20-22-19-13/h4-7,9,11H,2-3,8,10H2,1H3,(H,18,26)(H,19,20,22)/t11-/m1/s1. The summed E-state index contributed by atoms with van der Waals surface area (Å²) in [5.41, 5.74) is 2.02. The first kappa shape index (κ1) is 16.2. The Bertz CT molecular complexity index is 1010. The molecule has 1 aromatic carbocycles. The maximum atomic E-state index is 12.7. The average molecular weight is 353 g/mol. The van der Waals surface area contributed by atoms with Crippen LogP contribution in [0.3, 0.4) is 0 Å². The van der Waals surface area contributed by atoms with Crippen LogP contribution in [0.4, 0.5) is 11.5 Å². The van der Waals surface area contributed by atoms with Crippen molar-refractivity contribution in [3.8, 4) is 0 Å². The molecule has 3 heterocycles. The maximum absolute atomic E-state index is 12.7. The Labute approximate surface area is 149 Å². The van der Waals surface area contributed by atoms with Crippen LogP contribution in [0.15, 0.2) is 35.1 Å². The fourth-order valence-corrected chi connectivity index (χ4v) is 3.22. The summed E-state index contributed by atoms with van der Waals surface area (Å²) in [6, 6.07) is 8.64. The van der Waals surface area contributed by atoms with Crippen LogP contribution in [0, 0.1) is 5.92 Å². The lowest BCUT2D eigenvalue weighted by Crippen LogP contribution is -2.41. The van der Waals surface area contributed by atoms with Gasteiger partial charge in [0.25, 0.3) is 5.56 Å². The quantitative estimate of drug-likeness (QED) is 0.724. The van der Waals surface area contributed by atoms with E-state index in [2.05, 4.69) is 25.8 Å². The normalized spacial score (nSPS) is 17.4. The van der Waals surface area contributed by atoms with Crippen LogP contribution in [0.5, 0.6) is 0 Å². The monoisotopic (exact) mass is 353 g/mol. The SMILES string of the molecule is Cn1nc(N2CCC[C@@H](C(=O)Nc3ccc4n[nH]nc4c3)C2)ccc1=O. The van der Waals surface area contributed by atoms with Crippen molar-refractivity contribution < 1.29 is 4.79 Å². The van der Waals surface area contributed by atoms with Crippen LogP contribution in [-0.4, -0.2) is 44.2 Å². The van der Waals surface area contributed by atoms with Crippen LogP contribution in [0.2, 0.25) is 0 Å². The van der Waals surface area contributed by atoms with E-state index in [4.69, 9.17) is 0 Å². The summed E-state index contributed by atoms with van der Waals surface area (Å²) in [6.45, 7) is 1.39. The molecule has 9 nitrogen and oxygen atoms in total. The molecule has 134 valence electrons. The van der Waals surface area contributed by atoms with E-state index in [1.54, 1.807) is 19.2 Å². The molecule has 0 saturated carbocycles. The predicted octanol–water partition coefficient (Wildman–Crippen LogP) is 0.907. The lowest BCUT2D eigenvalue weighted by atomic mass is 9.97. The molecule has 4 rings (SSSR count). The number of aromatic nitrogens is 5. The molecule has 0 unspecified atom stereocenters. The summed E-state index contributed by atoms with van der Waals surface area (Å²) >= 11 is 0. The second-order valence-corrected chi connectivity index (χ2v) is 6.45. The number of nitrogens with one attached hydrogen (secondary N) is 2. The van der Waals surface area contributed by atoms with Gasteiger partial charge in [0.15, 0.2) is 0 Å². The van der Waals surface area contributed by atoms with Crippen LogP contribution in [0.25, 0.3) is 11.0 Å². The third kappa shape index (κ3) is 3.15. The Morgan fingerprint density at radius 3 is 2.92 bits per heavy atom. The highest BCUT2D eigenvalue weighted by atomic mass is 16.2. The van der Waals surface area contributed by atoms with E-state index in [0.717, 1.165) is 24.9 Å². The Morgan fingerprint density at radius 2 is 2.08 bits per heavy atom. The molecule has 1 aliphatic heterocycles. The van der Waals surface area contributed by atoms with Gasteiger partial charge in [0.2, 0.25) is 5.91 Å². The van der Waals surface area contributed by atoms with Crippen molar-refractivity contribution in [2.24, 2.45) is 13.0 Å². The summed E-state index contributed by atoms with van der Waals surface area (Å²) in [6.07, 6.45) is 1.71. The number of anilines is 2. The van der Waals surface area contributed by atoms with Gasteiger partial charge >= 0.3 is 0 Å². The first-order chi connectivity index (χ1) is 12.6. The third-order valence-electron chi connectivity index (χ3n) is 4.65.